The van der Waals surface area contributed by atoms with Gasteiger partial charge in [-0.2, -0.15) is 0 Å². The predicted molar refractivity (Wildman–Crippen MR) is 178 cm³/mol. The number of esters is 2. The molecule has 0 aliphatic carbocycles. The zero-order valence-electron chi connectivity index (χ0n) is 25.8. The molecule has 4 rings (SSSR count). The predicted octanol–water partition coefficient (Wildman–Crippen LogP) is 8.28. The van der Waals surface area contributed by atoms with Crippen LogP contribution in [0.1, 0.15) is 44.2 Å². The van der Waals surface area contributed by atoms with Crippen LogP contribution in [0.2, 0.25) is 0 Å². The number of hydrogen-bond donors (Lipinski definition) is 1. The summed E-state index contributed by atoms with van der Waals surface area (Å²) in [6, 6.07) is 30.3. The molecule has 0 spiro atoms. The number of aliphatic hydroxyl groups is 1. The molecule has 0 fully saturated rings. The number of rotatable bonds is 15. The Kier molecular flexibility index (Phi) is 11.7. The Morgan fingerprint density at radius 1 is 0.705 bits per heavy atom. The van der Waals surface area contributed by atoms with E-state index in [1.807, 2.05) is 12.1 Å². The third kappa shape index (κ3) is 9.01. The molecule has 0 bridgehead atoms. The second-order valence-electron chi connectivity index (χ2n) is 11.4. The van der Waals surface area contributed by atoms with Crippen molar-refractivity contribution in [2.75, 3.05) is 19.8 Å². The van der Waals surface area contributed by atoms with E-state index in [0.29, 0.717) is 12.0 Å². The van der Waals surface area contributed by atoms with Crippen molar-refractivity contribution in [3.05, 3.63) is 120 Å². The Morgan fingerprint density at radius 3 is 1.70 bits per heavy atom. The van der Waals surface area contributed by atoms with Crippen LogP contribution in [-0.4, -0.2) is 36.9 Å². The van der Waals surface area contributed by atoms with Crippen LogP contribution >= 0.6 is 0 Å². The average Bonchev–Trinajstić information content (AvgIpc) is 3.05. The zero-order valence-corrected chi connectivity index (χ0v) is 25.8. The number of ether oxygens (including phenoxy) is 2. The van der Waals surface area contributed by atoms with Crippen LogP contribution in [-0.2, 0) is 31.9 Å². The summed E-state index contributed by atoms with van der Waals surface area (Å²) in [6.07, 6.45) is 5.42. The highest BCUT2D eigenvalue weighted by molar-refractivity contribution is 5.91. The quantitative estimate of drug-likeness (QED) is 0.0857. The Morgan fingerprint density at radius 2 is 1.20 bits per heavy atom. The van der Waals surface area contributed by atoms with Crippen LogP contribution in [0.5, 0.6) is 0 Å². The topological polar surface area (TPSA) is 72.8 Å². The van der Waals surface area contributed by atoms with Crippen molar-refractivity contribution in [1.29, 1.82) is 0 Å². The van der Waals surface area contributed by atoms with E-state index in [1.54, 1.807) is 6.92 Å². The maximum absolute atomic E-state index is 12.0. The van der Waals surface area contributed by atoms with Gasteiger partial charge >= 0.3 is 11.9 Å². The molecule has 1 atom stereocenters. The van der Waals surface area contributed by atoms with E-state index in [2.05, 4.69) is 92.9 Å². The lowest BCUT2D eigenvalue weighted by molar-refractivity contribution is -0.144. The van der Waals surface area contributed by atoms with Crippen molar-refractivity contribution in [2.24, 2.45) is 5.92 Å². The van der Waals surface area contributed by atoms with Gasteiger partial charge in [0.1, 0.15) is 0 Å². The Hall–Kier alpha value is -4.48. The molecular formula is C39H42O5. The van der Waals surface area contributed by atoms with Crippen molar-refractivity contribution < 1.29 is 24.2 Å². The maximum atomic E-state index is 12.0. The molecule has 4 aromatic carbocycles. The van der Waals surface area contributed by atoms with Gasteiger partial charge in [0, 0.05) is 11.5 Å². The summed E-state index contributed by atoms with van der Waals surface area (Å²) in [7, 11) is 0. The summed E-state index contributed by atoms with van der Waals surface area (Å²) < 4.78 is 10.7. The molecule has 0 aromatic heterocycles. The third-order valence-corrected chi connectivity index (χ3v) is 7.74. The van der Waals surface area contributed by atoms with Crippen molar-refractivity contribution in [3.63, 3.8) is 0 Å². The zero-order chi connectivity index (χ0) is 31.5. The van der Waals surface area contributed by atoms with E-state index in [-0.39, 0.29) is 24.7 Å². The summed E-state index contributed by atoms with van der Waals surface area (Å²) in [5, 5.41) is 11.5. The smallest absolute Gasteiger partial charge is 0.335 e. The van der Waals surface area contributed by atoms with E-state index in [0.717, 1.165) is 23.1 Å². The monoisotopic (exact) mass is 590 g/mol. The number of unbranched alkanes of at least 4 members (excludes halogenated alkanes) is 2. The number of benzene rings is 4. The minimum absolute atomic E-state index is 0.0227. The summed E-state index contributed by atoms with van der Waals surface area (Å²) in [5.41, 5.74) is 7.35. The molecule has 0 heterocycles. The maximum Gasteiger partial charge on any atom is 0.335 e. The summed E-state index contributed by atoms with van der Waals surface area (Å²) in [5.74, 6) is -1.43. The van der Waals surface area contributed by atoms with Crippen LogP contribution in [0.4, 0.5) is 0 Å². The van der Waals surface area contributed by atoms with Crippen LogP contribution in [0.15, 0.2) is 109 Å². The van der Waals surface area contributed by atoms with Crippen molar-refractivity contribution in [2.45, 2.75) is 46.0 Å². The molecule has 5 heteroatoms. The molecule has 228 valence electrons. The Balaban J connectivity index is 1.43. The fraction of sp³-hybridized carbons (Fsp3) is 0.282. The van der Waals surface area contributed by atoms with E-state index >= 15 is 0 Å². The SMILES string of the molecule is C=C(C)C(=O)OCC(COC(=O)C(=C)CO)Cc1ccc(-c2ccc3cc(-c4ccc(CCCCC)cc4)ccc3c2)cc1. The molecule has 0 saturated heterocycles. The minimum atomic E-state index is -0.668. The first-order valence-electron chi connectivity index (χ1n) is 15.3. The van der Waals surface area contributed by atoms with Gasteiger partial charge in [-0.1, -0.05) is 106 Å². The first-order valence-corrected chi connectivity index (χ1v) is 15.3. The van der Waals surface area contributed by atoms with Gasteiger partial charge in [-0.3, -0.25) is 0 Å². The number of hydrogen-bond acceptors (Lipinski definition) is 5. The van der Waals surface area contributed by atoms with Gasteiger partial charge in [0.25, 0.3) is 0 Å². The van der Waals surface area contributed by atoms with Crippen LogP contribution < -0.4 is 0 Å². The van der Waals surface area contributed by atoms with Crippen molar-refractivity contribution in [1.82, 2.24) is 0 Å². The van der Waals surface area contributed by atoms with Crippen LogP contribution in [0, 0.1) is 5.92 Å². The number of aryl methyl sites for hydroxylation is 1. The standard InChI is InChI=1S/C39H42O5/c1-5-6-7-8-29-9-13-32(14-10-29)34-17-19-37-23-35(18-20-36(37)22-34)33-15-11-30(12-16-33)21-31(25-43-38(41)27(2)3)26-44-39(42)28(4)24-40/h9-20,22-23,31,40H,2,4-8,21,24-26H2,1,3H3. The molecule has 0 aliphatic heterocycles. The molecule has 5 nitrogen and oxygen atoms in total. The summed E-state index contributed by atoms with van der Waals surface area (Å²) in [6.45, 7) is 10.6. The Labute approximate surface area is 260 Å². The van der Waals surface area contributed by atoms with E-state index in [9.17, 15) is 9.59 Å². The highest BCUT2D eigenvalue weighted by Crippen LogP contribution is 2.29. The fourth-order valence-electron chi connectivity index (χ4n) is 5.06. The van der Waals surface area contributed by atoms with Gasteiger partial charge in [-0.15, -0.1) is 0 Å². The number of carbonyl (C=O) groups excluding carboxylic acids is 2. The highest BCUT2D eigenvalue weighted by Gasteiger charge is 2.17. The first-order chi connectivity index (χ1) is 21.3. The van der Waals surface area contributed by atoms with Gasteiger partial charge in [-0.05, 0) is 82.5 Å². The molecule has 1 unspecified atom stereocenters. The Bertz CT molecular complexity index is 1600. The molecule has 1 N–H and O–H groups in total. The van der Waals surface area contributed by atoms with Gasteiger partial charge in [0.2, 0.25) is 0 Å². The molecular weight excluding hydrogens is 548 g/mol. The van der Waals surface area contributed by atoms with Crippen molar-refractivity contribution in [3.8, 4) is 22.3 Å². The number of fused-ring (bicyclic) bond motifs is 1. The van der Waals surface area contributed by atoms with Gasteiger partial charge in [0.15, 0.2) is 0 Å². The second-order valence-corrected chi connectivity index (χ2v) is 11.4. The van der Waals surface area contributed by atoms with E-state index in [1.165, 1.54) is 46.7 Å². The van der Waals surface area contributed by atoms with Crippen LogP contribution in [0.3, 0.4) is 0 Å². The third-order valence-electron chi connectivity index (χ3n) is 7.74. The number of aliphatic hydroxyl groups excluding tert-OH is 1. The van der Waals surface area contributed by atoms with Gasteiger partial charge in [0.05, 0.1) is 25.4 Å². The summed E-state index contributed by atoms with van der Waals surface area (Å²) >= 11 is 0. The van der Waals surface area contributed by atoms with E-state index < -0.39 is 18.5 Å². The molecule has 0 aliphatic rings. The molecule has 44 heavy (non-hydrogen) atoms. The second kappa shape index (κ2) is 15.8. The largest absolute Gasteiger partial charge is 0.462 e. The van der Waals surface area contributed by atoms with Gasteiger partial charge < -0.3 is 14.6 Å². The lowest BCUT2D eigenvalue weighted by Gasteiger charge is -2.18. The normalized spacial score (nSPS) is 11.6. The van der Waals surface area contributed by atoms with E-state index in [4.69, 9.17) is 14.6 Å². The van der Waals surface area contributed by atoms with Crippen LogP contribution in [0.25, 0.3) is 33.0 Å². The molecule has 0 saturated carbocycles. The average molecular weight is 591 g/mol. The highest BCUT2D eigenvalue weighted by atomic mass is 16.5. The molecule has 0 amide bonds. The first kappa shape index (κ1) is 32.4. The number of carbonyl (C=O) groups is 2. The van der Waals surface area contributed by atoms with Gasteiger partial charge in [-0.25, -0.2) is 9.59 Å². The fourth-order valence-corrected chi connectivity index (χ4v) is 5.06. The lowest BCUT2D eigenvalue weighted by Crippen LogP contribution is -2.24. The van der Waals surface area contributed by atoms with Crippen molar-refractivity contribution >= 4 is 22.7 Å². The molecule has 0 radical (unpaired) electrons. The minimum Gasteiger partial charge on any atom is -0.462 e. The summed E-state index contributed by atoms with van der Waals surface area (Å²) in [4.78, 5) is 24.0. The lowest BCUT2D eigenvalue weighted by atomic mass is 9.95. The molecule has 4 aromatic rings.